The molecule has 4 rings (SSSR count). The lowest BCUT2D eigenvalue weighted by Gasteiger charge is -2.19. The fraction of sp³-hybridized carbons (Fsp3) is 0.160. The molecule has 1 fully saturated rings. The number of hydrogen-bond acceptors (Lipinski definition) is 5. The van der Waals surface area contributed by atoms with Gasteiger partial charge in [0.2, 0.25) is 5.91 Å². The minimum absolute atomic E-state index is 0.0983. The first-order chi connectivity index (χ1) is 16.0. The molecule has 0 saturated carbocycles. The van der Waals surface area contributed by atoms with Gasteiger partial charge >= 0.3 is 0 Å². The van der Waals surface area contributed by atoms with E-state index < -0.39 is 11.2 Å². The van der Waals surface area contributed by atoms with E-state index >= 15 is 0 Å². The van der Waals surface area contributed by atoms with Gasteiger partial charge in [-0.2, -0.15) is 5.26 Å². The van der Waals surface area contributed by atoms with Gasteiger partial charge in [0.05, 0.1) is 18.1 Å². The summed E-state index contributed by atoms with van der Waals surface area (Å²) in [6.07, 6.45) is 2.00. The Balaban J connectivity index is 1.67. The Labute approximate surface area is 204 Å². The Hall–Kier alpha value is -3.28. The van der Waals surface area contributed by atoms with Crippen molar-refractivity contribution in [2.75, 3.05) is 4.90 Å². The molecule has 0 radical (unpaired) electrons. The van der Waals surface area contributed by atoms with E-state index in [1.165, 1.54) is 22.9 Å². The second-order valence-corrected chi connectivity index (χ2v) is 9.61. The van der Waals surface area contributed by atoms with Gasteiger partial charge in [-0.1, -0.05) is 57.5 Å². The van der Waals surface area contributed by atoms with Crippen LogP contribution in [0.1, 0.15) is 16.9 Å². The maximum atomic E-state index is 13.5. The number of benzene rings is 2. The molecule has 1 aliphatic rings. The molecular weight excluding hydrogens is 502 g/mol. The van der Waals surface area contributed by atoms with Gasteiger partial charge < -0.3 is 9.73 Å². The number of thioether (sulfide) groups is 1. The number of aryl methyl sites for hydroxylation is 1. The molecule has 2 aromatic carbocycles. The fourth-order valence-corrected chi connectivity index (χ4v) is 4.99. The third kappa shape index (κ3) is 5.21. The zero-order chi connectivity index (χ0) is 23.4. The largest absolute Gasteiger partial charge is 0.467 e. The highest BCUT2D eigenvalue weighted by Crippen LogP contribution is 2.42. The molecule has 3 aromatic rings. The molecule has 0 bridgehead atoms. The van der Waals surface area contributed by atoms with Gasteiger partial charge in [0.15, 0.2) is 0 Å². The van der Waals surface area contributed by atoms with E-state index in [0.717, 1.165) is 15.6 Å². The van der Waals surface area contributed by atoms with Gasteiger partial charge in [-0.05, 0) is 55.3 Å². The molecule has 1 N–H and O–H groups in total. The van der Waals surface area contributed by atoms with Crippen LogP contribution in [0.25, 0.3) is 0 Å². The van der Waals surface area contributed by atoms with Crippen molar-refractivity contribution in [1.82, 2.24) is 5.32 Å². The summed E-state index contributed by atoms with van der Waals surface area (Å²) < 4.78 is 6.20. The molecule has 2 heterocycles. The van der Waals surface area contributed by atoms with E-state index in [9.17, 15) is 14.9 Å². The van der Waals surface area contributed by atoms with Gasteiger partial charge in [0.1, 0.15) is 22.4 Å². The Morgan fingerprint density at radius 2 is 1.91 bits per heavy atom. The van der Waals surface area contributed by atoms with E-state index in [4.69, 9.17) is 4.42 Å². The maximum Gasteiger partial charge on any atom is 0.265 e. The van der Waals surface area contributed by atoms with Crippen LogP contribution < -0.4 is 10.2 Å². The summed E-state index contributed by atoms with van der Waals surface area (Å²) in [6.45, 7) is 2.11. The lowest BCUT2D eigenvalue weighted by Crippen LogP contribution is -2.32. The molecular formula is C25H20BrN3O3S. The van der Waals surface area contributed by atoms with E-state index in [2.05, 4.69) is 21.2 Å². The van der Waals surface area contributed by atoms with Crippen molar-refractivity contribution in [3.63, 3.8) is 0 Å². The van der Waals surface area contributed by atoms with Crippen LogP contribution in [0.15, 0.2) is 86.4 Å². The van der Waals surface area contributed by atoms with E-state index in [-0.39, 0.29) is 18.0 Å². The number of furan rings is 1. The molecule has 1 unspecified atom stereocenters. The number of carbonyl (C=O) groups is 2. The van der Waals surface area contributed by atoms with Crippen molar-refractivity contribution in [3.8, 4) is 6.07 Å². The minimum Gasteiger partial charge on any atom is -0.467 e. The molecule has 1 aromatic heterocycles. The molecule has 1 aliphatic heterocycles. The third-order valence-electron chi connectivity index (χ3n) is 5.14. The molecule has 2 amide bonds. The third-order valence-corrected chi connectivity index (χ3v) is 6.93. The first kappa shape index (κ1) is 22.9. The summed E-state index contributed by atoms with van der Waals surface area (Å²) in [5, 5.41) is 12.5. The summed E-state index contributed by atoms with van der Waals surface area (Å²) in [5.74, 6) is -0.136. The smallest absolute Gasteiger partial charge is 0.265 e. The first-order valence-electron chi connectivity index (χ1n) is 10.2. The average Bonchev–Trinajstić information content (AvgIpc) is 3.44. The predicted molar refractivity (Wildman–Crippen MR) is 131 cm³/mol. The lowest BCUT2D eigenvalue weighted by atomic mass is 10.1. The van der Waals surface area contributed by atoms with Crippen molar-refractivity contribution in [2.45, 2.75) is 25.1 Å². The van der Waals surface area contributed by atoms with Crippen molar-refractivity contribution in [1.29, 1.82) is 5.26 Å². The first-order valence-corrected chi connectivity index (χ1v) is 11.9. The van der Waals surface area contributed by atoms with Gasteiger partial charge in [-0.15, -0.1) is 0 Å². The molecule has 6 nitrogen and oxygen atoms in total. The SMILES string of the molecule is Cc1ccc(N2C(=O)C(Cc3ccc(Br)cc3)SC2=C(C#N)C(=O)NCc2ccco2)cc1. The predicted octanol–water partition coefficient (Wildman–Crippen LogP) is 5.09. The number of nitrogens with zero attached hydrogens (tertiary/aromatic N) is 2. The Bertz CT molecular complexity index is 1230. The number of nitrogens with one attached hydrogen (secondary N) is 1. The van der Waals surface area contributed by atoms with Gasteiger partial charge in [-0.25, -0.2) is 0 Å². The number of nitriles is 1. The number of halogens is 1. The normalized spacial score (nSPS) is 17.1. The van der Waals surface area contributed by atoms with E-state index in [1.54, 1.807) is 12.1 Å². The second-order valence-electron chi connectivity index (χ2n) is 7.50. The highest BCUT2D eigenvalue weighted by Gasteiger charge is 2.40. The van der Waals surface area contributed by atoms with Crippen LogP contribution in [-0.4, -0.2) is 17.1 Å². The highest BCUT2D eigenvalue weighted by molar-refractivity contribution is 9.10. The number of carbonyl (C=O) groups excluding carboxylic acids is 2. The Morgan fingerprint density at radius 3 is 2.55 bits per heavy atom. The number of hydrogen-bond donors (Lipinski definition) is 1. The highest BCUT2D eigenvalue weighted by atomic mass is 79.9. The zero-order valence-electron chi connectivity index (χ0n) is 17.7. The van der Waals surface area contributed by atoms with Gasteiger partial charge in [0, 0.05) is 10.2 Å². The second kappa shape index (κ2) is 10.1. The summed E-state index contributed by atoms with van der Waals surface area (Å²) in [4.78, 5) is 27.9. The molecule has 8 heteroatoms. The number of rotatable bonds is 6. The van der Waals surface area contributed by atoms with Gasteiger partial charge in [0.25, 0.3) is 5.91 Å². The maximum absolute atomic E-state index is 13.5. The van der Waals surface area contributed by atoms with Crippen LogP contribution in [0.4, 0.5) is 5.69 Å². The van der Waals surface area contributed by atoms with Crippen LogP contribution in [-0.2, 0) is 22.6 Å². The van der Waals surface area contributed by atoms with Crippen LogP contribution in [0.2, 0.25) is 0 Å². The Kier molecular flexibility index (Phi) is 7.02. The summed E-state index contributed by atoms with van der Waals surface area (Å²) >= 11 is 4.67. The average molecular weight is 522 g/mol. The van der Waals surface area contributed by atoms with Crippen molar-refractivity contribution in [3.05, 3.63) is 98.9 Å². The molecule has 1 saturated heterocycles. The number of anilines is 1. The monoisotopic (exact) mass is 521 g/mol. The minimum atomic E-state index is -0.550. The van der Waals surface area contributed by atoms with Crippen LogP contribution in [0, 0.1) is 18.3 Å². The van der Waals surface area contributed by atoms with E-state index in [1.807, 2.05) is 61.5 Å². The molecule has 0 spiro atoms. The molecule has 0 aliphatic carbocycles. The van der Waals surface area contributed by atoms with Gasteiger partial charge in [-0.3, -0.25) is 14.5 Å². The molecule has 1 atom stereocenters. The van der Waals surface area contributed by atoms with Crippen LogP contribution in [0.3, 0.4) is 0 Å². The van der Waals surface area contributed by atoms with Crippen molar-refractivity contribution < 1.29 is 14.0 Å². The topological polar surface area (TPSA) is 86.3 Å². The van der Waals surface area contributed by atoms with Crippen molar-refractivity contribution in [2.24, 2.45) is 0 Å². The molecule has 33 heavy (non-hydrogen) atoms. The number of amides is 2. The summed E-state index contributed by atoms with van der Waals surface area (Å²) in [5.41, 5.74) is 2.57. The Morgan fingerprint density at radius 1 is 1.18 bits per heavy atom. The molecule has 166 valence electrons. The van der Waals surface area contributed by atoms with Crippen LogP contribution in [0.5, 0.6) is 0 Å². The quantitative estimate of drug-likeness (QED) is 0.360. The summed E-state index contributed by atoms with van der Waals surface area (Å²) in [6, 6.07) is 20.7. The fourth-order valence-electron chi connectivity index (χ4n) is 3.42. The van der Waals surface area contributed by atoms with E-state index in [0.29, 0.717) is 22.9 Å². The lowest BCUT2D eigenvalue weighted by molar-refractivity contribution is -0.117. The standard InChI is InChI=1S/C25H20BrN3O3S/c1-16-4-10-19(11-5-16)29-24(31)22(13-17-6-8-18(26)9-7-17)33-25(29)21(14-27)23(30)28-15-20-3-2-12-32-20/h2-12,22H,13,15H2,1H3,(H,28,30). The zero-order valence-corrected chi connectivity index (χ0v) is 20.2. The van der Waals surface area contributed by atoms with Crippen LogP contribution >= 0.6 is 27.7 Å². The van der Waals surface area contributed by atoms with Crippen molar-refractivity contribution >= 4 is 45.2 Å². The summed E-state index contributed by atoms with van der Waals surface area (Å²) in [7, 11) is 0.